The van der Waals surface area contributed by atoms with E-state index < -0.39 is 0 Å². The van der Waals surface area contributed by atoms with Gasteiger partial charge in [0.05, 0.1) is 0 Å². The molecule has 1 aromatic carbocycles. The van der Waals surface area contributed by atoms with Gasteiger partial charge in [-0.05, 0) is 24.1 Å². The molecule has 76 valence electrons. The van der Waals surface area contributed by atoms with Gasteiger partial charge in [-0.1, -0.05) is 31.2 Å². The summed E-state index contributed by atoms with van der Waals surface area (Å²) in [7, 11) is 0. The Kier molecular flexibility index (Phi) is 4.79. The lowest BCUT2D eigenvalue weighted by Gasteiger charge is -2.04. The van der Waals surface area contributed by atoms with Crippen molar-refractivity contribution >= 4 is 0 Å². The van der Waals surface area contributed by atoms with E-state index in [1.165, 1.54) is 5.56 Å². The molecular weight excluding hydrogens is 174 g/mol. The van der Waals surface area contributed by atoms with E-state index in [9.17, 15) is 0 Å². The van der Waals surface area contributed by atoms with Gasteiger partial charge < -0.3 is 10.5 Å². The molecule has 0 saturated heterocycles. The van der Waals surface area contributed by atoms with Crippen molar-refractivity contribution in [3.63, 3.8) is 0 Å². The maximum Gasteiger partial charge on any atom is 0.120 e. The lowest BCUT2D eigenvalue weighted by Crippen LogP contribution is -1.97. The quantitative estimate of drug-likeness (QED) is 0.724. The summed E-state index contributed by atoms with van der Waals surface area (Å²) >= 11 is 0. The third kappa shape index (κ3) is 3.62. The molecule has 0 saturated carbocycles. The summed E-state index contributed by atoms with van der Waals surface area (Å²) in [6, 6.07) is 8.15. The maximum atomic E-state index is 5.51. The van der Waals surface area contributed by atoms with Gasteiger partial charge in [-0.15, -0.1) is 0 Å². The lowest BCUT2D eigenvalue weighted by molar-refractivity contribution is 0.362. The van der Waals surface area contributed by atoms with Crippen LogP contribution in [0.4, 0.5) is 0 Å². The predicted octanol–water partition coefficient (Wildman–Crippen LogP) is 2.14. The molecule has 0 atom stereocenters. The van der Waals surface area contributed by atoms with Crippen molar-refractivity contribution in [2.24, 2.45) is 5.73 Å². The number of hydrogen-bond acceptors (Lipinski definition) is 2. The van der Waals surface area contributed by atoms with Gasteiger partial charge in [0, 0.05) is 6.54 Å². The van der Waals surface area contributed by atoms with Crippen molar-refractivity contribution in [3.8, 4) is 5.75 Å². The summed E-state index contributed by atoms with van der Waals surface area (Å²) in [5.41, 5.74) is 6.61. The molecule has 2 N–H and O–H groups in total. The van der Waals surface area contributed by atoms with E-state index in [0.29, 0.717) is 13.2 Å². The van der Waals surface area contributed by atoms with Gasteiger partial charge in [-0.25, -0.2) is 0 Å². The summed E-state index contributed by atoms with van der Waals surface area (Å²) in [6.45, 7) is 3.29. The minimum Gasteiger partial charge on any atom is -0.490 e. The third-order valence-corrected chi connectivity index (χ3v) is 1.96. The first kappa shape index (κ1) is 10.8. The summed E-state index contributed by atoms with van der Waals surface area (Å²) in [6.07, 6.45) is 4.86. The first-order chi connectivity index (χ1) is 6.86. The van der Waals surface area contributed by atoms with Crippen LogP contribution in [0.25, 0.3) is 0 Å². The van der Waals surface area contributed by atoms with E-state index in [-0.39, 0.29) is 0 Å². The number of benzene rings is 1. The molecule has 2 nitrogen and oxygen atoms in total. The standard InChI is InChI=1S/C12H17NO/c1-2-11-6-5-7-12(10-11)14-9-4-3-8-13/h3-7,10H,2,8-9,13H2,1H3. The third-order valence-electron chi connectivity index (χ3n) is 1.96. The zero-order chi connectivity index (χ0) is 10.2. The molecule has 1 rings (SSSR count). The van der Waals surface area contributed by atoms with Crippen LogP contribution in [-0.4, -0.2) is 13.2 Å². The van der Waals surface area contributed by atoms with Crippen molar-refractivity contribution in [1.82, 2.24) is 0 Å². The van der Waals surface area contributed by atoms with E-state index in [2.05, 4.69) is 19.1 Å². The van der Waals surface area contributed by atoms with Crippen molar-refractivity contribution in [2.75, 3.05) is 13.2 Å². The normalized spacial score (nSPS) is 10.7. The molecule has 0 amide bonds. The Morgan fingerprint density at radius 2 is 2.21 bits per heavy atom. The number of rotatable bonds is 5. The molecule has 0 aliphatic carbocycles. The molecule has 0 fully saturated rings. The van der Waals surface area contributed by atoms with Crippen LogP contribution in [0.5, 0.6) is 5.75 Å². The van der Waals surface area contributed by atoms with Crippen molar-refractivity contribution in [2.45, 2.75) is 13.3 Å². The molecule has 0 bridgehead atoms. The Balaban J connectivity index is 2.46. The fourth-order valence-corrected chi connectivity index (χ4v) is 1.16. The monoisotopic (exact) mass is 191 g/mol. The van der Waals surface area contributed by atoms with Gasteiger partial charge in [-0.3, -0.25) is 0 Å². The number of nitrogens with two attached hydrogens (primary N) is 1. The van der Waals surface area contributed by atoms with Crippen LogP contribution in [0.3, 0.4) is 0 Å². The Morgan fingerprint density at radius 1 is 1.36 bits per heavy atom. The highest BCUT2D eigenvalue weighted by Crippen LogP contribution is 2.13. The summed E-state index contributed by atoms with van der Waals surface area (Å²) < 4.78 is 5.51. The Bertz CT molecular complexity index is 294. The first-order valence-corrected chi connectivity index (χ1v) is 4.93. The average Bonchev–Trinajstić information content (AvgIpc) is 2.25. The molecular formula is C12H17NO. The lowest BCUT2D eigenvalue weighted by atomic mass is 10.2. The smallest absolute Gasteiger partial charge is 0.120 e. The van der Waals surface area contributed by atoms with E-state index in [1.807, 2.05) is 24.3 Å². The van der Waals surface area contributed by atoms with Gasteiger partial charge in [-0.2, -0.15) is 0 Å². The molecule has 14 heavy (non-hydrogen) atoms. The summed E-state index contributed by atoms with van der Waals surface area (Å²) in [5.74, 6) is 0.922. The highest BCUT2D eigenvalue weighted by molar-refractivity contribution is 5.28. The van der Waals surface area contributed by atoms with E-state index in [0.717, 1.165) is 12.2 Å². The van der Waals surface area contributed by atoms with Crippen LogP contribution >= 0.6 is 0 Å². The fraction of sp³-hybridized carbons (Fsp3) is 0.333. The number of hydrogen-bond donors (Lipinski definition) is 1. The average molecular weight is 191 g/mol. The Morgan fingerprint density at radius 3 is 2.93 bits per heavy atom. The second-order valence-electron chi connectivity index (χ2n) is 3.02. The predicted molar refractivity (Wildman–Crippen MR) is 59.5 cm³/mol. The van der Waals surface area contributed by atoms with Gasteiger partial charge in [0.1, 0.15) is 12.4 Å². The van der Waals surface area contributed by atoms with E-state index in [1.54, 1.807) is 0 Å². The maximum absolute atomic E-state index is 5.51. The molecule has 0 unspecified atom stereocenters. The SMILES string of the molecule is CCc1cccc(OCC=CCN)c1. The topological polar surface area (TPSA) is 35.2 Å². The molecule has 0 aliphatic heterocycles. The van der Waals surface area contributed by atoms with Crippen LogP contribution < -0.4 is 10.5 Å². The molecule has 0 radical (unpaired) electrons. The van der Waals surface area contributed by atoms with E-state index in [4.69, 9.17) is 10.5 Å². The zero-order valence-electron chi connectivity index (χ0n) is 8.57. The highest BCUT2D eigenvalue weighted by Gasteiger charge is 1.93. The Labute approximate surface area is 85.4 Å². The van der Waals surface area contributed by atoms with Crippen LogP contribution in [-0.2, 0) is 6.42 Å². The molecule has 0 aromatic heterocycles. The minimum atomic E-state index is 0.568. The Hall–Kier alpha value is -1.28. The molecule has 2 heteroatoms. The summed E-state index contributed by atoms with van der Waals surface area (Å²) in [5, 5.41) is 0. The minimum absolute atomic E-state index is 0.568. The second-order valence-corrected chi connectivity index (χ2v) is 3.02. The molecule has 0 aliphatic rings. The van der Waals surface area contributed by atoms with Gasteiger partial charge >= 0.3 is 0 Å². The van der Waals surface area contributed by atoms with Crippen LogP contribution in [0, 0.1) is 0 Å². The van der Waals surface area contributed by atoms with Gasteiger partial charge in [0.25, 0.3) is 0 Å². The van der Waals surface area contributed by atoms with Crippen molar-refractivity contribution in [1.29, 1.82) is 0 Å². The van der Waals surface area contributed by atoms with Crippen LogP contribution in [0.15, 0.2) is 36.4 Å². The summed E-state index contributed by atoms with van der Waals surface area (Å²) in [4.78, 5) is 0. The molecule has 0 heterocycles. The van der Waals surface area contributed by atoms with Crippen LogP contribution in [0.1, 0.15) is 12.5 Å². The van der Waals surface area contributed by atoms with E-state index >= 15 is 0 Å². The largest absolute Gasteiger partial charge is 0.490 e. The van der Waals surface area contributed by atoms with Gasteiger partial charge in [0.2, 0.25) is 0 Å². The van der Waals surface area contributed by atoms with Crippen molar-refractivity contribution in [3.05, 3.63) is 42.0 Å². The molecule has 0 spiro atoms. The fourth-order valence-electron chi connectivity index (χ4n) is 1.16. The number of ether oxygens (including phenoxy) is 1. The number of aryl methyl sites for hydroxylation is 1. The molecule has 1 aromatic rings. The van der Waals surface area contributed by atoms with Crippen molar-refractivity contribution < 1.29 is 4.74 Å². The van der Waals surface area contributed by atoms with Crippen LogP contribution in [0.2, 0.25) is 0 Å². The zero-order valence-corrected chi connectivity index (χ0v) is 8.57. The first-order valence-electron chi connectivity index (χ1n) is 4.93. The highest BCUT2D eigenvalue weighted by atomic mass is 16.5. The second kappa shape index (κ2) is 6.22. The van der Waals surface area contributed by atoms with Gasteiger partial charge in [0.15, 0.2) is 0 Å².